The van der Waals surface area contributed by atoms with Crippen LogP contribution < -0.4 is 4.72 Å². The lowest BCUT2D eigenvalue weighted by Gasteiger charge is -2.10. The van der Waals surface area contributed by atoms with Crippen molar-refractivity contribution >= 4 is 38.1 Å². The molecule has 7 nitrogen and oxygen atoms in total. The Morgan fingerprint density at radius 2 is 2.10 bits per heavy atom. The summed E-state index contributed by atoms with van der Waals surface area (Å²) in [7, 11) is -5.08. The number of nitrogens with zero attached hydrogens (tertiary/aromatic N) is 1. The van der Waals surface area contributed by atoms with E-state index in [-0.39, 0.29) is 21.7 Å². The third-order valence-corrected chi connectivity index (χ3v) is 5.59. The maximum absolute atomic E-state index is 12.0. The van der Waals surface area contributed by atoms with Gasteiger partial charge >= 0.3 is 0 Å². The van der Waals surface area contributed by atoms with Crippen LogP contribution in [0.15, 0.2) is 23.1 Å². The summed E-state index contributed by atoms with van der Waals surface area (Å²) < 4.78 is 37.3. The Morgan fingerprint density at radius 1 is 1.50 bits per heavy atom. The summed E-state index contributed by atoms with van der Waals surface area (Å²) >= 11 is 5.61. The second-order valence-corrected chi connectivity index (χ2v) is 8.01. The zero-order valence-electron chi connectivity index (χ0n) is 10.7. The first-order valence-electron chi connectivity index (χ1n) is 5.41. The van der Waals surface area contributed by atoms with Gasteiger partial charge in [0.05, 0.1) is 9.82 Å². The molecule has 0 aliphatic carbocycles. The predicted molar refractivity (Wildman–Crippen MR) is 76.8 cm³/mol. The van der Waals surface area contributed by atoms with Crippen molar-refractivity contribution in [2.24, 2.45) is 0 Å². The van der Waals surface area contributed by atoms with E-state index in [1.165, 1.54) is 12.3 Å². The van der Waals surface area contributed by atoms with Gasteiger partial charge in [0, 0.05) is 34.9 Å². The fourth-order valence-corrected chi connectivity index (χ4v) is 2.99. The Morgan fingerprint density at radius 3 is 2.60 bits per heavy atom. The number of nitrogens with one attached hydrogen (secondary N) is 1. The van der Waals surface area contributed by atoms with Gasteiger partial charge in [0.25, 0.3) is 5.69 Å². The van der Waals surface area contributed by atoms with Gasteiger partial charge in [0.1, 0.15) is 5.02 Å². The lowest BCUT2D eigenvalue weighted by atomic mass is 10.3. The molecule has 1 N–H and O–H groups in total. The molecule has 0 bridgehead atoms. The molecule has 0 aromatic heterocycles. The van der Waals surface area contributed by atoms with Crippen LogP contribution >= 0.6 is 11.6 Å². The molecular formula is C10H13ClN2O5S2. The van der Waals surface area contributed by atoms with Crippen LogP contribution in [0.5, 0.6) is 0 Å². The van der Waals surface area contributed by atoms with E-state index in [0.717, 1.165) is 12.1 Å². The van der Waals surface area contributed by atoms with E-state index in [0.29, 0.717) is 0 Å². The van der Waals surface area contributed by atoms with Crippen LogP contribution in [0.3, 0.4) is 0 Å². The fraction of sp³-hybridized carbons (Fsp3) is 0.400. The normalized spacial score (nSPS) is 14.8. The fourth-order valence-electron chi connectivity index (χ4n) is 1.23. The average molecular weight is 341 g/mol. The molecule has 0 spiro atoms. The van der Waals surface area contributed by atoms with Crippen LogP contribution in [-0.2, 0) is 20.8 Å². The van der Waals surface area contributed by atoms with Crippen molar-refractivity contribution in [3.8, 4) is 0 Å². The molecule has 0 amide bonds. The van der Waals surface area contributed by atoms with Crippen LogP contribution in [0.2, 0.25) is 5.02 Å². The number of hydrogen-bond donors (Lipinski definition) is 1. The molecule has 1 aromatic rings. The molecule has 0 heterocycles. The number of rotatable bonds is 6. The van der Waals surface area contributed by atoms with Gasteiger partial charge in [-0.05, 0) is 19.1 Å². The van der Waals surface area contributed by atoms with Gasteiger partial charge in [-0.2, -0.15) is 0 Å². The minimum absolute atomic E-state index is 0.0259. The molecule has 0 saturated heterocycles. The first-order valence-corrected chi connectivity index (χ1v) is 8.89. The van der Waals surface area contributed by atoms with E-state index in [2.05, 4.69) is 4.72 Å². The Balaban J connectivity index is 3.01. The second kappa shape index (κ2) is 6.61. The van der Waals surface area contributed by atoms with Crippen LogP contribution in [0.1, 0.15) is 6.92 Å². The van der Waals surface area contributed by atoms with Gasteiger partial charge in [0.2, 0.25) is 10.0 Å². The topological polar surface area (TPSA) is 106 Å². The summed E-state index contributed by atoms with van der Waals surface area (Å²) in [5.41, 5.74) is -0.485. The van der Waals surface area contributed by atoms with E-state index >= 15 is 0 Å². The molecule has 2 unspecified atom stereocenters. The van der Waals surface area contributed by atoms with E-state index in [4.69, 9.17) is 11.6 Å². The van der Waals surface area contributed by atoms with Gasteiger partial charge in [0.15, 0.2) is 0 Å². The molecule has 0 aliphatic heterocycles. The summed E-state index contributed by atoms with van der Waals surface area (Å²) in [5.74, 6) is 0. The van der Waals surface area contributed by atoms with Crippen molar-refractivity contribution in [1.29, 1.82) is 0 Å². The Hall–Kier alpha value is -1.03. The quantitative estimate of drug-likeness (QED) is 0.620. The third-order valence-electron chi connectivity index (χ3n) is 2.55. The Bertz CT molecular complexity index is 647. The number of halogens is 1. The standard InChI is InChI=1S/C10H13ClN2O5S2/c1-7(19(2)16)6-12-20(17,18)8-3-4-9(11)10(5-8)13(14)15/h3-5,7,12H,6H2,1-2H3. The number of nitro benzene ring substituents is 1. The first-order chi connectivity index (χ1) is 9.15. The highest BCUT2D eigenvalue weighted by Gasteiger charge is 2.21. The maximum Gasteiger partial charge on any atom is 0.289 e. The molecule has 0 saturated carbocycles. The van der Waals surface area contributed by atoms with Gasteiger partial charge in [-0.3, -0.25) is 14.3 Å². The largest absolute Gasteiger partial charge is 0.289 e. The van der Waals surface area contributed by atoms with E-state index in [1.54, 1.807) is 6.92 Å². The SMILES string of the molecule is CC(CNS(=O)(=O)c1ccc(Cl)c([N+](=O)[O-])c1)S(C)=O. The van der Waals surface area contributed by atoms with E-state index in [1.807, 2.05) is 0 Å². The van der Waals surface area contributed by atoms with Gasteiger partial charge in [-0.25, -0.2) is 13.1 Å². The molecule has 0 fully saturated rings. The molecule has 2 atom stereocenters. The number of hydrogen-bond acceptors (Lipinski definition) is 5. The molecule has 1 aromatic carbocycles. The zero-order valence-corrected chi connectivity index (χ0v) is 13.1. The van der Waals surface area contributed by atoms with Crippen molar-refractivity contribution in [2.45, 2.75) is 17.1 Å². The number of nitro groups is 1. The summed E-state index contributed by atoms with van der Waals surface area (Å²) in [6.45, 7) is 1.60. The van der Waals surface area contributed by atoms with Crippen LogP contribution in [0.4, 0.5) is 5.69 Å². The average Bonchev–Trinajstić information content (AvgIpc) is 2.35. The number of benzene rings is 1. The van der Waals surface area contributed by atoms with Gasteiger partial charge in [-0.15, -0.1) is 0 Å². The minimum Gasteiger partial charge on any atom is -0.260 e. The smallest absolute Gasteiger partial charge is 0.260 e. The summed E-state index contributed by atoms with van der Waals surface area (Å²) in [5, 5.41) is 10.2. The summed E-state index contributed by atoms with van der Waals surface area (Å²) in [4.78, 5) is 9.70. The molecule has 1 rings (SSSR count). The monoisotopic (exact) mass is 340 g/mol. The zero-order chi connectivity index (χ0) is 15.5. The highest BCUT2D eigenvalue weighted by molar-refractivity contribution is 7.89. The molecule has 0 radical (unpaired) electrons. The molecule has 20 heavy (non-hydrogen) atoms. The second-order valence-electron chi connectivity index (χ2n) is 4.03. The first kappa shape index (κ1) is 17.0. The van der Waals surface area contributed by atoms with Crippen molar-refractivity contribution in [3.63, 3.8) is 0 Å². The van der Waals surface area contributed by atoms with E-state index in [9.17, 15) is 22.7 Å². The third kappa shape index (κ3) is 4.23. The van der Waals surface area contributed by atoms with Crippen molar-refractivity contribution in [2.75, 3.05) is 12.8 Å². The van der Waals surface area contributed by atoms with Gasteiger partial charge in [-0.1, -0.05) is 11.6 Å². The summed E-state index contributed by atoms with van der Waals surface area (Å²) in [6.07, 6.45) is 1.46. The maximum atomic E-state index is 12.0. The van der Waals surface area contributed by atoms with Crippen LogP contribution in [-0.4, -0.2) is 35.6 Å². The van der Waals surface area contributed by atoms with Crippen LogP contribution in [0, 0.1) is 10.1 Å². The predicted octanol–water partition coefficient (Wildman–Crippen LogP) is 1.29. The highest BCUT2D eigenvalue weighted by atomic mass is 35.5. The van der Waals surface area contributed by atoms with Crippen LogP contribution in [0.25, 0.3) is 0 Å². The Labute approximate surface area is 124 Å². The molecule has 0 aliphatic rings. The molecule has 112 valence electrons. The van der Waals surface area contributed by atoms with Gasteiger partial charge < -0.3 is 0 Å². The van der Waals surface area contributed by atoms with Crippen molar-refractivity contribution in [3.05, 3.63) is 33.3 Å². The summed E-state index contributed by atoms with van der Waals surface area (Å²) in [6, 6.07) is 3.21. The lowest BCUT2D eigenvalue weighted by molar-refractivity contribution is -0.384. The van der Waals surface area contributed by atoms with Crippen molar-refractivity contribution < 1.29 is 17.6 Å². The highest BCUT2D eigenvalue weighted by Crippen LogP contribution is 2.26. The Kier molecular flexibility index (Phi) is 5.63. The van der Waals surface area contributed by atoms with E-state index < -0.39 is 31.4 Å². The minimum atomic E-state index is -3.91. The molecule has 10 heteroatoms. The number of sulfonamides is 1. The lowest BCUT2D eigenvalue weighted by Crippen LogP contribution is -2.32. The molecular weight excluding hydrogens is 328 g/mol. The van der Waals surface area contributed by atoms with Crippen molar-refractivity contribution in [1.82, 2.24) is 4.72 Å².